The van der Waals surface area contributed by atoms with Gasteiger partial charge >= 0.3 is 10.4 Å². The quantitative estimate of drug-likeness (QED) is 0.0251. The van der Waals surface area contributed by atoms with Crippen molar-refractivity contribution >= 4 is 16.3 Å². The molecule has 1 heterocycles. The second-order valence-electron chi connectivity index (χ2n) is 22.0. The highest BCUT2D eigenvalue weighted by atomic mass is 32.3. The number of amides is 1. The molecule has 7 atom stereocenters. The van der Waals surface area contributed by atoms with Crippen molar-refractivity contribution in [3.8, 4) is 0 Å². The molecule has 0 aromatic carbocycles. The van der Waals surface area contributed by atoms with Crippen LogP contribution in [0, 0.1) is 0 Å². The third-order valence-electron chi connectivity index (χ3n) is 15.2. The zero-order chi connectivity index (χ0) is 52.6. The van der Waals surface area contributed by atoms with Gasteiger partial charge in [0, 0.05) is 6.42 Å². The molecule has 0 radical (unpaired) electrons. The molecule has 12 nitrogen and oxygen atoms in total. The topological polar surface area (TPSA) is 192 Å². The first-order chi connectivity index (χ1) is 35.0. The molecule has 1 fully saturated rings. The van der Waals surface area contributed by atoms with E-state index in [1.807, 2.05) is 0 Å². The molecule has 1 aliphatic rings. The van der Waals surface area contributed by atoms with Gasteiger partial charge in [-0.25, -0.2) is 4.18 Å². The number of aliphatic hydroxyl groups is 4. The van der Waals surface area contributed by atoms with Gasteiger partial charge in [-0.3, -0.25) is 9.35 Å². The first kappa shape index (κ1) is 69.1. The van der Waals surface area contributed by atoms with Crippen LogP contribution in [0.25, 0.3) is 0 Å². The molecule has 0 saturated carbocycles. The Kier molecular flexibility index (Phi) is 47.7. The Morgan fingerprint density at radius 2 is 0.806 bits per heavy atom. The van der Waals surface area contributed by atoms with Crippen molar-refractivity contribution in [1.29, 1.82) is 0 Å². The predicted octanol–water partition coefficient (Wildman–Crippen LogP) is 14.9. The summed E-state index contributed by atoms with van der Waals surface area (Å²) >= 11 is 0. The molecular formula is C59H117NO11S. The summed E-state index contributed by atoms with van der Waals surface area (Å²) in [5, 5.41) is 45.0. The summed E-state index contributed by atoms with van der Waals surface area (Å²) in [5.74, 6) is -0.223. The third-order valence-corrected chi connectivity index (χ3v) is 15.6. The molecule has 0 aromatic heterocycles. The molecule has 0 spiro atoms. The van der Waals surface area contributed by atoms with Crippen molar-refractivity contribution in [2.24, 2.45) is 0 Å². The van der Waals surface area contributed by atoms with Gasteiger partial charge in [-0.15, -0.1) is 0 Å². The zero-order valence-corrected chi connectivity index (χ0v) is 47.6. The van der Waals surface area contributed by atoms with Gasteiger partial charge in [-0.1, -0.05) is 296 Å². The fourth-order valence-corrected chi connectivity index (χ4v) is 10.9. The number of aliphatic hydroxyl groups excluding tert-OH is 4. The zero-order valence-electron chi connectivity index (χ0n) is 46.8. The molecule has 6 N–H and O–H groups in total. The lowest BCUT2D eigenvalue weighted by Crippen LogP contribution is -2.61. The fraction of sp³-hybridized carbons (Fsp3) is 0.983. The highest BCUT2D eigenvalue weighted by Crippen LogP contribution is 2.26. The van der Waals surface area contributed by atoms with E-state index < -0.39 is 59.9 Å². The van der Waals surface area contributed by atoms with Gasteiger partial charge in [-0.05, 0) is 12.8 Å². The lowest BCUT2D eigenvalue weighted by atomic mass is 9.99. The average Bonchev–Trinajstić information content (AvgIpc) is 3.36. The SMILES string of the molecule is CCCCCCCCCCCCCCCCCCCCCCCCCCCCCCCCCCCC(=O)NC(COC1OC(CO)C(O)C(OS(=O)(=O)O)C1O)C(O)CCCCCCCCCCCCCC. The number of ether oxygens (including phenoxy) is 2. The standard InChI is InChI=1S/C59H117NO11S/c1-3-5-7-9-11-13-15-17-18-19-20-21-22-23-24-25-26-27-28-29-30-31-32-33-34-35-36-37-39-41-43-45-47-49-55(63)60-52(53(62)48-46-44-42-40-38-16-14-12-10-8-6-4-2)51-69-59-57(65)58(71-72(66,67)68)56(64)54(50-61)70-59/h52-54,56-59,61-62,64-65H,3-51H2,1-2H3,(H,60,63)(H,66,67,68). The molecule has 430 valence electrons. The Bertz CT molecular complexity index is 1280. The van der Waals surface area contributed by atoms with Crippen molar-refractivity contribution in [2.75, 3.05) is 13.2 Å². The molecule has 1 amide bonds. The summed E-state index contributed by atoms with van der Waals surface area (Å²) < 4.78 is 47.8. The van der Waals surface area contributed by atoms with Crippen LogP contribution in [-0.4, -0.2) is 95.4 Å². The molecule has 0 aromatic rings. The molecule has 72 heavy (non-hydrogen) atoms. The van der Waals surface area contributed by atoms with E-state index in [4.69, 9.17) is 9.47 Å². The summed E-state index contributed by atoms with van der Waals surface area (Å²) in [6.07, 6.45) is 50.1. The fourth-order valence-electron chi connectivity index (χ4n) is 10.4. The minimum Gasteiger partial charge on any atom is -0.394 e. The molecule has 1 rings (SSSR count). The Balaban J connectivity index is 2.16. The highest BCUT2D eigenvalue weighted by molar-refractivity contribution is 7.80. The van der Waals surface area contributed by atoms with Crippen LogP contribution in [0.5, 0.6) is 0 Å². The van der Waals surface area contributed by atoms with Crippen LogP contribution in [0.2, 0.25) is 0 Å². The van der Waals surface area contributed by atoms with Gasteiger partial charge in [0.25, 0.3) is 0 Å². The van der Waals surface area contributed by atoms with Gasteiger partial charge in [0.05, 0.1) is 25.4 Å². The monoisotopic (exact) mass is 1050 g/mol. The van der Waals surface area contributed by atoms with Crippen LogP contribution in [0.3, 0.4) is 0 Å². The lowest BCUT2D eigenvalue weighted by molar-refractivity contribution is -0.298. The molecular weight excluding hydrogens is 931 g/mol. The Hall–Kier alpha value is -0.900. The summed E-state index contributed by atoms with van der Waals surface area (Å²) in [7, 11) is -5.08. The molecule has 1 aliphatic heterocycles. The van der Waals surface area contributed by atoms with E-state index in [9.17, 15) is 38.2 Å². The highest BCUT2D eigenvalue weighted by Gasteiger charge is 2.48. The normalized spacial score (nSPS) is 19.2. The number of unbranched alkanes of at least 4 members (excludes halogenated alkanes) is 43. The van der Waals surface area contributed by atoms with Crippen LogP contribution >= 0.6 is 0 Å². The van der Waals surface area contributed by atoms with Crippen molar-refractivity contribution < 1.29 is 51.8 Å². The summed E-state index contributed by atoms with van der Waals surface area (Å²) in [6, 6.07) is -0.852. The minimum atomic E-state index is -5.08. The largest absolute Gasteiger partial charge is 0.397 e. The van der Waals surface area contributed by atoms with Crippen LogP contribution in [-0.2, 0) is 28.9 Å². The van der Waals surface area contributed by atoms with E-state index in [2.05, 4.69) is 23.3 Å². The lowest BCUT2D eigenvalue weighted by Gasteiger charge is -2.41. The Morgan fingerprint density at radius 1 is 0.500 bits per heavy atom. The Morgan fingerprint density at radius 3 is 1.11 bits per heavy atom. The molecule has 1 saturated heterocycles. The van der Waals surface area contributed by atoms with Crippen molar-refractivity contribution in [1.82, 2.24) is 5.32 Å². The van der Waals surface area contributed by atoms with Crippen LogP contribution in [0.1, 0.15) is 316 Å². The van der Waals surface area contributed by atoms with Crippen LogP contribution in [0.15, 0.2) is 0 Å². The molecule has 0 aliphatic carbocycles. The maximum Gasteiger partial charge on any atom is 0.397 e. The smallest absolute Gasteiger partial charge is 0.394 e. The van der Waals surface area contributed by atoms with E-state index in [1.165, 1.54) is 238 Å². The van der Waals surface area contributed by atoms with E-state index in [0.29, 0.717) is 12.8 Å². The van der Waals surface area contributed by atoms with Gasteiger partial charge in [0.2, 0.25) is 5.91 Å². The van der Waals surface area contributed by atoms with Crippen molar-refractivity contribution in [3.05, 3.63) is 0 Å². The third kappa shape index (κ3) is 41.3. The van der Waals surface area contributed by atoms with Gasteiger partial charge in [0.15, 0.2) is 6.29 Å². The number of hydrogen-bond donors (Lipinski definition) is 6. The molecule has 13 heteroatoms. The van der Waals surface area contributed by atoms with E-state index in [-0.39, 0.29) is 12.5 Å². The van der Waals surface area contributed by atoms with Crippen LogP contribution in [0.4, 0.5) is 0 Å². The van der Waals surface area contributed by atoms with E-state index >= 15 is 0 Å². The first-order valence-electron chi connectivity index (χ1n) is 30.9. The first-order valence-corrected chi connectivity index (χ1v) is 32.3. The molecule has 7 unspecified atom stereocenters. The summed E-state index contributed by atoms with van der Waals surface area (Å²) in [6.45, 7) is 3.49. The summed E-state index contributed by atoms with van der Waals surface area (Å²) in [5.41, 5.74) is 0. The van der Waals surface area contributed by atoms with Gasteiger partial charge < -0.3 is 35.2 Å². The summed E-state index contributed by atoms with van der Waals surface area (Å²) in [4.78, 5) is 13.1. The number of carbonyl (C=O) groups is 1. The Labute approximate surface area is 443 Å². The van der Waals surface area contributed by atoms with E-state index in [1.54, 1.807) is 0 Å². The number of nitrogens with one attached hydrogen (secondary N) is 1. The van der Waals surface area contributed by atoms with Crippen LogP contribution < -0.4 is 5.32 Å². The molecule has 0 bridgehead atoms. The second-order valence-corrected chi connectivity index (χ2v) is 23.1. The maximum atomic E-state index is 13.1. The number of hydrogen-bond acceptors (Lipinski definition) is 10. The van der Waals surface area contributed by atoms with E-state index in [0.717, 1.165) is 51.4 Å². The number of carbonyl (C=O) groups excluding carboxylic acids is 1. The maximum absolute atomic E-state index is 13.1. The second kappa shape index (κ2) is 49.7. The minimum absolute atomic E-state index is 0.223. The van der Waals surface area contributed by atoms with Gasteiger partial charge in [-0.2, -0.15) is 8.42 Å². The van der Waals surface area contributed by atoms with Gasteiger partial charge in [0.1, 0.15) is 24.4 Å². The average molecular weight is 1050 g/mol. The number of rotatable bonds is 55. The van der Waals surface area contributed by atoms with Crippen molar-refractivity contribution in [2.45, 2.75) is 358 Å². The predicted molar refractivity (Wildman–Crippen MR) is 296 cm³/mol. The van der Waals surface area contributed by atoms with Crippen molar-refractivity contribution in [3.63, 3.8) is 0 Å².